The lowest BCUT2D eigenvalue weighted by Crippen LogP contribution is -2.16. The van der Waals surface area contributed by atoms with Crippen molar-refractivity contribution in [3.8, 4) is 0 Å². The molecule has 0 spiro atoms. The molecular weight excluding hydrogens is 334 g/mol. The molecule has 104 valence electrons. The Morgan fingerprint density at radius 3 is 2.35 bits per heavy atom. The van der Waals surface area contributed by atoms with Crippen LogP contribution in [0.25, 0.3) is 0 Å². The normalized spacial score (nSPS) is 10.2. The molecule has 1 amide bonds. The number of rotatable bonds is 3. The van der Waals surface area contributed by atoms with Crippen LogP contribution in [0.1, 0.15) is 10.5 Å². The molecule has 2 aromatic rings. The van der Waals surface area contributed by atoms with Crippen LogP contribution in [0.5, 0.6) is 0 Å². The molecule has 8 heteroatoms. The number of benzene rings is 1. The van der Waals surface area contributed by atoms with Crippen molar-refractivity contribution in [2.24, 2.45) is 0 Å². The van der Waals surface area contributed by atoms with Gasteiger partial charge in [0.2, 0.25) is 0 Å². The quantitative estimate of drug-likeness (QED) is 0.899. The van der Waals surface area contributed by atoms with Gasteiger partial charge in [0.05, 0.1) is 12.4 Å². The van der Waals surface area contributed by atoms with Crippen LogP contribution >= 0.6 is 15.9 Å². The van der Waals surface area contributed by atoms with Crippen LogP contribution < -0.4 is 10.6 Å². The summed E-state index contributed by atoms with van der Waals surface area (Å²) in [5.41, 5.74) is -0.580. The molecule has 5 nitrogen and oxygen atoms in total. The van der Waals surface area contributed by atoms with Gasteiger partial charge in [-0.1, -0.05) is 15.9 Å². The van der Waals surface area contributed by atoms with Crippen molar-refractivity contribution in [2.75, 3.05) is 17.7 Å². The number of carbonyl (C=O) groups excluding carboxylic acids is 1. The van der Waals surface area contributed by atoms with E-state index in [4.69, 9.17) is 0 Å². The number of carbonyl (C=O) groups is 1. The van der Waals surface area contributed by atoms with E-state index < -0.39 is 23.2 Å². The molecule has 0 fully saturated rings. The molecule has 0 aliphatic heterocycles. The Labute approximate surface area is 121 Å². The third-order valence-corrected chi connectivity index (χ3v) is 2.84. The lowest BCUT2D eigenvalue weighted by Gasteiger charge is -2.08. The van der Waals surface area contributed by atoms with Gasteiger partial charge >= 0.3 is 0 Å². The Morgan fingerprint density at radius 2 is 1.85 bits per heavy atom. The molecule has 0 saturated heterocycles. The summed E-state index contributed by atoms with van der Waals surface area (Å²) in [5.74, 6) is -2.04. The minimum absolute atomic E-state index is 0.0503. The Balaban J connectivity index is 2.23. The van der Waals surface area contributed by atoms with Crippen molar-refractivity contribution >= 4 is 33.3 Å². The minimum atomic E-state index is -0.884. The van der Waals surface area contributed by atoms with Crippen LogP contribution in [0.2, 0.25) is 0 Å². The molecule has 0 aliphatic carbocycles. The lowest BCUT2D eigenvalue weighted by atomic mass is 10.2. The molecule has 1 aromatic carbocycles. The lowest BCUT2D eigenvalue weighted by molar-refractivity contribution is 0.102. The van der Waals surface area contributed by atoms with E-state index in [0.717, 1.165) is 12.1 Å². The molecule has 0 bridgehead atoms. The summed E-state index contributed by atoms with van der Waals surface area (Å²) in [6.07, 6.45) is 2.54. The van der Waals surface area contributed by atoms with Crippen molar-refractivity contribution in [3.63, 3.8) is 0 Å². The predicted octanol–water partition coefficient (Wildman–Crippen LogP) is 2.81. The Bertz CT molecular complexity index is 625. The Morgan fingerprint density at radius 1 is 1.20 bits per heavy atom. The topological polar surface area (TPSA) is 66.9 Å². The zero-order chi connectivity index (χ0) is 14.7. The fourth-order valence-corrected chi connectivity index (χ4v) is 1.82. The van der Waals surface area contributed by atoms with Gasteiger partial charge in [0, 0.05) is 11.5 Å². The van der Waals surface area contributed by atoms with Crippen LogP contribution in [0.4, 0.5) is 20.3 Å². The first-order chi connectivity index (χ1) is 9.51. The van der Waals surface area contributed by atoms with E-state index in [9.17, 15) is 13.6 Å². The number of hydrogen-bond acceptors (Lipinski definition) is 4. The van der Waals surface area contributed by atoms with Gasteiger partial charge in [-0.05, 0) is 12.1 Å². The fourth-order valence-electron chi connectivity index (χ4n) is 1.41. The highest BCUT2D eigenvalue weighted by Crippen LogP contribution is 2.24. The molecule has 20 heavy (non-hydrogen) atoms. The van der Waals surface area contributed by atoms with Crippen LogP contribution in [0.3, 0.4) is 0 Å². The Hall–Kier alpha value is -2.09. The predicted molar refractivity (Wildman–Crippen MR) is 73.6 cm³/mol. The summed E-state index contributed by atoms with van der Waals surface area (Å²) in [4.78, 5) is 19.5. The van der Waals surface area contributed by atoms with Gasteiger partial charge in [0.25, 0.3) is 5.91 Å². The average Bonchev–Trinajstić information content (AvgIpc) is 2.42. The van der Waals surface area contributed by atoms with Gasteiger partial charge in [-0.2, -0.15) is 0 Å². The SMILES string of the molecule is CNc1cnc(C(=O)Nc2c(F)cc(Br)cc2F)cn1. The molecule has 1 aromatic heterocycles. The van der Waals surface area contributed by atoms with E-state index in [1.54, 1.807) is 7.05 Å². The zero-order valence-corrected chi connectivity index (χ0v) is 11.8. The molecule has 1 heterocycles. The van der Waals surface area contributed by atoms with Crippen LogP contribution in [0.15, 0.2) is 29.0 Å². The average molecular weight is 343 g/mol. The van der Waals surface area contributed by atoms with Gasteiger partial charge in [0.15, 0.2) is 11.6 Å². The third-order valence-electron chi connectivity index (χ3n) is 2.39. The van der Waals surface area contributed by atoms with Gasteiger partial charge in [-0.15, -0.1) is 0 Å². The van der Waals surface area contributed by atoms with Gasteiger partial charge < -0.3 is 10.6 Å². The first-order valence-corrected chi connectivity index (χ1v) is 6.26. The highest BCUT2D eigenvalue weighted by Gasteiger charge is 2.15. The summed E-state index contributed by atoms with van der Waals surface area (Å²) < 4.78 is 27.4. The first-order valence-electron chi connectivity index (χ1n) is 5.47. The van der Waals surface area contributed by atoms with Crippen LogP contribution in [0, 0.1) is 11.6 Å². The van der Waals surface area contributed by atoms with E-state index in [-0.39, 0.29) is 10.2 Å². The summed E-state index contributed by atoms with van der Waals surface area (Å²) in [6, 6.07) is 2.10. The number of amides is 1. The number of nitrogens with one attached hydrogen (secondary N) is 2. The molecule has 0 unspecified atom stereocenters. The van der Waals surface area contributed by atoms with Crippen LogP contribution in [-0.4, -0.2) is 22.9 Å². The number of hydrogen-bond donors (Lipinski definition) is 2. The summed E-state index contributed by atoms with van der Waals surface area (Å²) >= 11 is 2.95. The van der Waals surface area contributed by atoms with Crippen molar-refractivity contribution in [2.45, 2.75) is 0 Å². The smallest absolute Gasteiger partial charge is 0.276 e. The number of halogens is 3. The molecule has 0 aliphatic rings. The van der Waals surface area contributed by atoms with Crippen molar-refractivity contribution < 1.29 is 13.6 Å². The van der Waals surface area contributed by atoms with E-state index in [0.29, 0.717) is 5.82 Å². The maximum Gasteiger partial charge on any atom is 0.276 e. The van der Waals surface area contributed by atoms with E-state index in [2.05, 4.69) is 36.5 Å². The summed E-state index contributed by atoms with van der Waals surface area (Å²) in [6.45, 7) is 0. The first kappa shape index (κ1) is 14.3. The number of nitrogens with zero attached hydrogens (tertiary/aromatic N) is 2. The second-order valence-corrected chi connectivity index (χ2v) is 4.65. The van der Waals surface area contributed by atoms with Crippen LogP contribution in [-0.2, 0) is 0 Å². The van der Waals surface area contributed by atoms with Crippen molar-refractivity contribution in [3.05, 3.63) is 46.3 Å². The van der Waals surface area contributed by atoms with E-state index >= 15 is 0 Å². The highest BCUT2D eigenvalue weighted by atomic mass is 79.9. The summed E-state index contributed by atoms with van der Waals surface area (Å²) in [7, 11) is 1.65. The summed E-state index contributed by atoms with van der Waals surface area (Å²) in [5, 5.41) is 4.86. The van der Waals surface area contributed by atoms with Gasteiger partial charge in [-0.3, -0.25) is 4.79 Å². The van der Waals surface area contributed by atoms with Gasteiger partial charge in [0.1, 0.15) is 17.2 Å². The van der Waals surface area contributed by atoms with E-state index in [1.807, 2.05) is 0 Å². The minimum Gasteiger partial charge on any atom is -0.372 e. The highest BCUT2D eigenvalue weighted by molar-refractivity contribution is 9.10. The number of anilines is 2. The second kappa shape index (κ2) is 5.91. The maximum absolute atomic E-state index is 13.6. The van der Waals surface area contributed by atoms with Crippen molar-refractivity contribution in [1.29, 1.82) is 0 Å². The largest absolute Gasteiger partial charge is 0.372 e. The monoisotopic (exact) mass is 342 g/mol. The fraction of sp³-hybridized carbons (Fsp3) is 0.0833. The molecule has 0 atom stereocenters. The molecule has 0 radical (unpaired) electrons. The van der Waals surface area contributed by atoms with Crippen molar-refractivity contribution in [1.82, 2.24) is 9.97 Å². The molecule has 0 saturated carbocycles. The molecule has 2 N–H and O–H groups in total. The molecule has 2 rings (SSSR count). The molecular formula is C12H9BrF2N4O. The van der Waals surface area contributed by atoms with E-state index in [1.165, 1.54) is 12.4 Å². The third kappa shape index (κ3) is 3.08. The van der Waals surface area contributed by atoms with Gasteiger partial charge in [-0.25, -0.2) is 18.7 Å². The zero-order valence-electron chi connectivity index (χ0n) is 10.2. The second-order valence-electron chi connectivity index (χ2n) is 3.74. The standard InChI is InChI=1S/C12H9BrF2N4O/c1-16-10-5-17-9(4-18-10)12(20)19-11-7(14)2-6(13)3-8(11)15/h2-5H,1H3,(H,16,18)(H,19,20). The number of aromatic nitrogens is 2. The maximum atomic E-state index is 13.6. The Kier molecular flexibility index (Phi) is 4.23.